The molecule has 144 valence electrons. The molecule has 0 bridgehead atoms. The summed E-state index contributed by atoms with van der Waals surface area (Å²) < 4.78 is 68.3. The second-order valence-corrected chi connectivity index (χ2v) is 7.97. The zero-order valence-electron chi connectivity index (χ0n) is 13.8. The number of morpholine rings is 1. The maximum absolute atomic E-state index is 13.4. The summed E-state index contributed by atoms with van der Waals surface area (Å²) in [7, 11) is -4.14. The molecule has 7 nitrogen and oxygen atoms in total. The van der Waals surface area contributed by atoms with Gasteiger partial charge in [-0.25, -0.2) is 8.42 Å². The van der Waals surface area contributed by atoms with Crippen molar-refractivity contribution in [3.8, 4) is 17.2 Å². The molecule has 1 N–H and O–H groups in total. The molecule has 2 aromatic rings. The predicted octanol–water partition coefficient (Wildman–Crippen LogP) is 2.48. The highest BCUT2D eigenvalue weighted by atomic mass is 32.2. The highest BCUT2D eigenvalue weighted by Crippen LogP contribution is 2.45. The molecular weight excluding hydrogens is 384 g/mol. The maximum Gasteiger partial charge on any atom is 0.586 e. The van der Waals surface area contributed by atoms with Crippen molar-refractivity contribution >= 4 is 10.0 Å². The van der Waals surface area contributed by atoms with Gasteiger partial charge in [-0.2, -0.15) is 4.31 Å². The number of para-hydroxylation sites is 1. The fourth-order valence-electron chi connectivity index (χ4n) is 3.06. The lowest BCUT2D eigenvalue weighted by Crippen LogP contribution is -2.42. The van der Waals surface area contributed by atoms with Crippen molar-refractivity contribution in [3.05, 3.63) is 48.0 Å². The Kier molecular flexibility index (Phi) is 4.21. The number of ether oxygens (including phenoxy) is 3. The van der Waals surface area contributed by atoms with Crippen LogP contribution in [0, 0.1) is 0 Å². The lowest BCUT2D eigenvalue weighted by molar-refractivity contribution is -0.287. The van der Waals surface area contributed by atoms with Gasteiger partial charge in [0.25, 0.3) is 0 Å². The molecule has 0 aromatic heterocycles. The van der Waals surface area contributed by atoms with Gasteiger partial charge in [-0.15, -0.1) is 8.78 Å². The summed E-state index contributed by atoms with van der Waals surface area (Å²) in [6, 6.07) is 10.0. The molecule has 0 amide bonds. The Bertz CT molecular complexity index is 981. The topological polar surface area (TPSA) is 85.3 Å². The molecule has 1 fully saturated rings. The maximum atomic E-state index is 13.4. The van der Waals surface area contributed by atoms with Crippen molar-refractivity contribution in [1.82, 2.24) is 4.31 Å². The third kappa shape index (κ3) is 3.31. The number of rotatable bonds is 3. The number of halogens is 2. The largest absolute Gasteiger partial charge is 0.586 e. The molecule has 0 saturated carbocycles. The van der Waals surface area contributed by atoms with Crippen LogP contribution in [0.15, 0.2) is 47.4 Å². The quantitative estimate of drug-likeness (QED) is 0.854. The Morgan fingerprint density at radius 3 is 2.70 bits per heavy atom. The van der Waals surface area contributed by atoms with Gasteiger partial charge < -0.3 is 19.3 Å². The molecule has 1 unspecified atom stereocenters. The number of hydrogen-bond donors (Lipinski definition) is 1. The number of sulfonamides is 1. The minimum absolute atomic E-state index is 0.0322. The highest BCUT2D eigenvalue weighted by molar-refractivity contribution is 7.89. The van der Waals surface area contributed by atoms with Gasteiger partial charge in [0.15, 0.2) is 11.5 Å². The van der Waals surface area contributed by atoms with Crippen LogP contribution in [0.25, 0.3) is 0 Å². The van der Waals surface area contributed by atoms with E-state index < -0.39 is 33.1 Å². The van der Waals surface area contributed by atoms with Gasteiger partial charge in [-0.05, 0) is 29.8 Å². The summed E-state index contributed by atoms with van der Waals surface area (Å²) >= 11 is 0. The summed E-state index contributed by atoms with van der Waals surface area (Å²) in [5.41, 5.74) is 0.610. The Hall–Kier alpha value is -2.43. The zero-order chi connectivity index (χ0) is 19.2. The van der Waals surface area contributed by atoms with Gasteiger partial charge in [-0.1, -0.05) is 18.2 Å². The van der Waals surface area contributed by atoms with E-state index in [1.807, 2.05) is 0 Å². The average Bonchev–Trinajstić information content (AvgIpc) is 2.95. The fraction of sp³-hybridized carbons (Fsp3) is 0.294. The first-order valence-electron chi connectivity index (χ1n) is 8.06. The van der Waals surface area contributed by atoms with Crippen molar-refractivity contribution < 1.29 is 36.5 Å². The Labute approximate surface area is 153 Å². The molecule has 10 heteroatoms. The van der Waals surface area contributed by atoms with Gasteiger partial charge in [-0.3, -0.25) is 0 Å². The number of alkyl halides is 2. The standard InChI is InChI=1S/C17H15F2NO6S/c18-17(19)25-13-5-2-6-15(16(13)26-17)27(22,23)20-7-8-24-14(10-20)11-3-1-4-12(21)9-11/h1-6,9,14,21H,7-8,10H2. The molecule has 4 rings (SSSR count). The SMILES string of the molecule is O=S(=O)(c1cccc2c1OC(F)(F)O2)N1CCOC(c2cccc(O)c2)C1. The van der Waals surface area contributed by atoms with E-state index >= 15 is 0 Å². The predicted molar refractivity (Wildman–Crippen MR) is 88.2 cm³/mol. The summed E-state index contributed by atoms with van der Waals surface area (Å²) in [4.78, 5) is -0.395. The third-order valence-electron chi connectivity index (χ3n) is 4.28. The lowest BCUT2D eigenvalue weighted by Gasteiger charge is -2.32. The van der Waals surface area contributed by atoms with Crippen LogP contribution in [0.3, 0.4) is 0 Å². The molecule has 0 radical (unpaired) electrons. The van der Waals surface area contributed by atoms with E-state index in [1.54, 1.807) is 12.1 Å². The van der Waals surface area contributed by atoms with Crippen molar-refractivity contribution in [1.29, 1.82) is 0 Å². The van der Waals surface area contributed by atoms with Gasteiger partial charge in [0.2, 0.25) is 10.0 Å². The van der Waals surface area contributed by atoms with Crippen LogP contribution < -0.4 is 9.47 Å². The van der Waals surface area contributed by atoms with Crippen LogP contribution in [0.4, 0.5) is 8.78 Å². The third-order valence-corrected chi connectivity index (χ3v) is 6.17. The van der Waals surface area contributed by atoms with Crippen LogP contribution in [0.5, 0.6) is 17.2 Å². The van der Waals surface area contributed by atoms with E-state index in [4.69, 9.17) is 4.74 Å². The minimum atomic E-state index is -4.14. The van der Waals surface area contributed by atoms with Crippen LogP contribution in [0.2, 0.25) is 0 Å². The van der Waals surface area contributed by atoms with E-state index in [0.29, 0.717) is 5.56 Å². The van der Waals surface area contributed by atoms with Crippen molar-refractivity contribution in [2.45, 2.75) is 17.3 Å². The zero-order valence-corrected chi connectivity index (χ0v) is 14.7. The molecule has 1 atom stereocenters. The average molecular weight is 399 g/mol. The highest BCUT2D eigenvalue weighted by Gasteiger charge is 2.47. The summed E-state index contributed by atoms with van der Waals surface area (Å²) in [6.45, 7) is 0.132. The van der Waals surface area contributed by atoms with Crippen molar-refractivity contribution in [2.75, 3.05) is 19.7 Å². The molecular formula is C17H15F2NO6S. The molecule has 0 spiro atoms. The van der Waals surface area contributed by atoms with Gasteiger partial charge in [0, 0.05) is 13.1 Å². The monoisotopic (exact) mass is 399 g/mol. The summed E-state index contributed by atoms with van der Waals surface area (Å²) in [5.74, 6) is -0.813. The van der Waals surface area contributed by atoms with Crippen LogP contribution in [-0.2, 0) is 14.8 Å². The second-order valence-electron chi connectivity index (χ2n) is 6.07. The first-order valence-corrected chi connectivity index (χ1v) is 9.50. The van der Waals surface area contributed by atoms with Gasteiger partial charge in [0.05, 0.1) is 12.7 Å². The Morgan fingerprint density at radius 2 is 1.93 bits per heavy atom. The smallest absolute Gasteiger partial charge is 0.508 e. The van der Waals surface area contributed by atoms with Crippen LogP contribution >= 0.6 is 0 Å². The number of hydrogen-bond acceptors (Lipinski definition) is 6. The van der Waals surface area contributed by atoms with Crippen molar-refractivity contribution in [2.24, 2.45) is 0 Å². The number of phenolic OH excluding ortho intramolecular Hbond substituents is 1. The number of aromatic hydroxyl groups is 1. The number of nitrogens with zero attached hydrogens (tertiary/aromatic N) is 1. The molecule has 1 saturated heterocycles. The summed E-state index contributed by atoms with van der Waals surface area (Å²) in [6.07, 6.45) is -4.51. The van der Waals surface area contributed by atoms with Crippen molar-refractivity contribution in [3.63, 3.8) is 0 Å². The lowest BCUT2D eigenvalue weighted by atomic mass is 10.1. The summed E-state index contributed by atoms with van der Waals surface area (Å²) in [5, 5.41) is 9.61. The fourth-order valence-corrected chi connectivity index (χ4v) is 4.61. The normalized spacial score (nSPS) is 21.9. The molecule has 2 aromatic carbocycles. The molecule has 2 heterocycles. The minimum Gasteiger partial charge on any atom is -0.508 e. The van der Waals surface area contributed by atoms with Gasteiger partial charge >= 0.3 is 6.29 Å². The Balaban J connectivity index is 1.65. The Morgan fingerprint density at radius 1 is 1.15 bits per heavy atom. The van der Waals surface area contributed by atoms with E-state index in [0.717, 1.165) is 4.31 Å². The second kappa shape index (κ2) is 6.32. The molecule has 2 aliphatic rings. The molecule has 27 heavy (non-hydrogen) atoms. The first-order chi connectivity index (χ1) is 12.8. The number of phenols is 1. The molecule has 0 aliphatic carbocycles. The van der Waals surface area contributed by atoms with Crippen LogP contribution in [-0.4, -0.2) is 43.8 Å². The number of fused-ring (bicyclic) bond motifs is 1. The van der Waals surface area contributed by atoms with Gasteiger partial charge in [0.1, 0.15) is 10.6 Å². The van der Waals surface area contributed by atoms with E-state index in [2.05, 4.69) is 9.47 Å². The molecule has 2 aliphatic heterocycles. The van der Waals surface area contributed by atoms with Crippen LogP contribution in [0.1, 0.15) is 11.7 Å². The van der Waals surface area contributed by atoms with E-state index in [1.165, 1.54) is 30.3 Å². The van der Waals surface area contributed by atoms with E-state index in [-0.39, 0.29) is 31.2 Å². The van der Waals surface area contributed by atoms with E-state index in [9.17, 15) is 22.3 Å². The first kappa shape index (κ1) is 18.0. The number of benzene rings is 2.